The molecule has 0 saturated heterocycles. The minimum Gasteiger partial charge on any atom is -0.434 e. The number of alkyl halides is 2. The summed E-state index contributed by atoms with van der Waals surface area (Å²) >= 11 is 11.8. The van der Waals surface area contributed by atoms with Gasteiger partial charge in [-0.3, -0.25) is 0 Å². The summed E-state index contributed by atoms with van der Waals surface area (Å²) in [5, 5.41) is 4.06. The van der Waals surface area contributed by atoms with Crippen molar-refractivity contribution in [2.45, 2.75) is 13.2 Å². The summed E-state index contributed by atoms with van der Waals surface area (Å²) in [6.07, 6.45) is 0. The van der Waals surface area contributed by atoms with E-state index in [0.29, 0.717) is 27.8 Å². The van der Waals surface area contributed by atoms with Gasteiger partial charge in [-0.25, -0.2) is 0 Å². The van der Waals surface area contributed by atoms with E-state index in [1.54, 1.807) is 36.4 Å². The van der Waals surface area contributed by atoms with E-state index in [1.165, 1.54) is 6.07 Å². The molecule has 0 amide bonds. The molecule has 0 heterocycles. The molecule has 6 heteroatoms. The maximum absolute atomic E-state index is 12.3. The third-order valence-electron chi connectivity index (χ3n) is 2.53. The predicted octanol–water partition coefficient (Wildman–Crippen LogP) is 5.21. The lowest BCUT2D eigenvalue weighted by molar-refractivity contribution is -0.0504. The number of ether oxygens (including phenoxy) is 1. The molecule has 0 aliphatic heterocycles. The first-order chi connectivity index (χ1) is 9.54. The number of anilines is 1. The highest BCUT2D eigenvalue weighted by Crippen LogP contribution is 2.25. The van der Waals surface area contributed by atoms with Gasteiger partial charge in [0.2, 0.25) is 0 Å². The number of benzene rings is 2. The first kappa shape index (κ1) is 14.9. The smallest absolute Gasteiger partial charge is 0.387 e. The Morgan fingerprint density at radius 2 is 1.70 bits per heavy atom. The average molecular weight is 318 g/mol. The number of para-hydroxylation sites is 1. The highest BCUT2D eigenvalue weighted by atomic mass is 35.5. The zero-order chi connectivity index (χ0) is 14.5. The number of rotatable bonds is 5. The third kappa shape index (κ3) is 4.25. The normalized spacial score (nSPS) is 10.7. The first-order valence-corrected chi connectivity index (χ1v) is 6.53. The molecule has 0 bridgehead atoms. The predicted molar refractivity (Wildman–Crippen MR) is 76.9 cm³/mol. The molecule has 1 N–H and O–H groups in total. The summed E-state index contributed by atoms with van der Waals surface area (Å²) < 4.78 is 29.0. The Kier molecular flexibility index (Phi) is 5.04. The molecule has 2 nitrogen and oxygen atoms in total. The van der Waals surface area contributed by atoms with E-state index in [2.05, 4.69) is 10.1 Å². The van der Waals surface area contributed by atoms with Crippen LogP contribution in [0.2, 0.25) is 10.0 Å². The molecule has 0 atom stereocenters. The van der Waals surface area contributed by atoms with Crippen LogP contribution >= 0.6 is 23.2 Å². The van der Waals surface area contributed by atoms with Crippen LogP contribution in [0.1, 0.15) is 5.56 Å². The quantitative estimate of drug-likeness (QED) is 0.817. The van der Waals surface area contributed by atoms with E-state index >= 15 is 0 Å². The molecular formula is C14H11Cl2F2NO. The van der Waals surface area contributed by atoms with E-state index in [1.807, 2.05) is 0 Å². The van der Waals surface area contributed by atoms with Crippen LogP contribution < -0.4 is 10.1 Å². The van der Waals surface area contributed by atoms with Gasteiger partial charge in [0.1, 0.15) is 5.75 Å². The Balaban J connectivity index is 2.10. The molecule has 0 saturated carbocycles. The average Bonchev–Trinajstić information content (AvgIpc) is 2.36. The van der Waals surface area contributed by atoms with Crippen molar-refractivity contribution < 1.29 is 13.5 Å². The fraction of sp³-hybridized carbons (Fsp3) is 0.143. The molecule has 0 aliphatic carbocycles. The second-order valence-electron chi connectivity index (χ2n) is 4.00. The van der Waals surface area contributed by atoms with Crippen LogP contribution in [0.15, 0.2) is 42.5 Å². The van der Waals surface area contributed by atoms with Gasteiger partial charge in [0.25, 0.3) is 0 Å². The van der Waals surface area contributed by atoms with Crippen molar-refractivity contribution in [3.05, 3.63) is 58.1 Å². The fourth-order valence-corrected chi connectivity index (χ4v) is 2.24. The molecular weight excluding hydrogens is 307 g/mol. The standard InChI is InChI=1S/C14H11Cl2F2NO/c15-10-5-11(16)7-12(6-10)19-8-9-3-1-2-4-13(9)20-14(17)18/h1-7,14,19H,8H2. The van der Waals surface area contributed by atoms with Gasteiger partial charge in [0, 0.05) is 27.8 Å². The van der Waals surface area contributed by atoms with Crippen molar-refractivity contribution in [2.75, 3.05) is 5.32 Å². The SMILES string of the molecule is FC(F)Oc1ccccc1CNc1cc(Cl)cc(Cl)c1. The van der Waals surface area contributed by atoms with Crippen molar-refractivity contribution in [2.24, 2.45) is 0 Å². The maximum atomic E-state index is 12.3. The lowest BCUT2D eigenvalue weighted by atomic mass is 10.2. The Hall–Kier alpha value is -1.52. The molecule has 106 valence electrons. The van der Waals surface area contributed by atoms with Gasteiger partial charge in [-0.15, -0.1) is 0 Å². The van der Waals surface area contributed by atoms with E-state index in [4.69, 9.17) is 23.2 Å². The van der Waals surface area contributed by atoms with Gasteiger partial charge < -0.3 is 10.1 Å². The van der Waals surface area contributed by atoms with Crippen LogP contribution in [0, 0.1) is 0 Å². The van der Waals surface area contributed by atoms with Crippen molar-refractivity contribution in [3.63, 3.8) is 0 Å². The summed E-state index contributed by atoms with van der Waals surface area (Å²) in [6, 6.07) is 11.6. The molecule has 20 heavy (non-hydrogen) atoms. The van der Waals surface area contributed by atoms with Gasteiger partial charge in [-0.1, -0.05) is 41.4 Å². The molecule has 0 aromatic heterocycles. The van der Waals surface area contributed by atoms with Crippen molar-refractivity contribution in [1.29, 1.82) is 0 Å². The Morgan fingerprint density at radius 1 is 1.05 bits per heavy atom. The van der Waals surface area contributed by atoms with Crippen molar-refractivity contribution in [1.82, 2.24) is 0 Å². The Morgan fingerprint density at radius 3 is 2.35 bits per heavy atom. The number of hydrogen-bond donors (Lipinski definition) is 1. The van der Waals surface area contributed by atoms with E-state index in [-0.39, 0.29) is 5.75 Å². The zero-order valence-corrected chi connectivity index (χ0v) is 11.8. The van der Waals surface area contributed by atoms with Crippen molar-refractivity contribution in [3.8, 4) is 5.75 Å². The molecule has 0 radical (unpaired) electrons. The summed E-state index contributed by atoms with van der Waals surface area (Å²) in [7, 11) is 0. The highest BCUT2D eigenvalue weighted by molar-refractivity contribution is 6.35. The van der Waals surface area contributed by atoms with Gasteiger partial charge in [-0.2, -0.15) is 8.78 Å². The molecule has 2 rings (SSSR count). The monoisotopic (exact) mass is 317 g/mol. The minimum absolute atomic E-state index is 0.142. The summed E-state index contributed by atoms with van der Waals surface area (Å²) in [6.45, 7) is -2.53. The van der Waals surface area contributed by atoms with Crippen LogP contribution in [0.25, 0.3) is 0 Å². The Bertz CT molecular complexity index is 573. The summed E-state index contributed by atoms with van der Waals surface area (Å²) in [4.78, 5) is 0. The van der Waals surface area contributed by atoms with Crippen LogP contribution in [-0.4, -0.2) is 6.61 Å². The fourth-order valence-electron chi connectivity index (χ4n) is 1.71. The lowest BCUT2D eigenvalue weighted by Gasteiger charge is -2.12. The van der Waals surface area contributed by atoms with E-state index in [0.717, 1.165) is 0 Å². The van der Waals surface area contributed by atoms with Crippen LogP contribution in [0.5, 0.6) is 5.75 Å². The van der Waals surface area contributed by atoms with E-state index < -0.39 is 6.61 Å². The number of nitrogens with one attached hydrogen (secondary N) is 1. The topological polar surface area (TPSA) is 21.3 Å². The zero-order valence-electron chi connectivity index (χ0n) is 10.2. The molecule has 2 aromatic carbocycles. The van der Waals surface area contributed by atoms with Crippen LogP contribution in [-0.2, 0) is 6.54 Å². The van der Waals surface area contributed by atoms with Gasteiger partial charge >= 0.3 is 6.61 Å². The molecule has 2 aromatic rings. The van der Waals surface area contributed by atoms with E-state index in [9.17, 15) is 8.78 Å². The van der Waals surface area contributed by atoms with Gasteiger partial charge in [0.05, 0.1) is 0 Å². The second kappa shape index (κ2) is 6.77. The van der Waals surface area contributed by atoms with Crippen LogP contribution in [0.3, 0.4) is 0 Å². The molecule has 0 spiro atoms. The second-order valence-corrected chi connectivity index (χ2v) is 4.87. The molecule has 0 unspecified atom stereocenters. The summed E-state index contributed by atoms with van der Waals surface area (Å²) in [5.41, 5.74) is 1.32. The first-order valence-electron chi connectivity index (χ1n) is 5.77. The third-order valence-corrected chi connectivity index (χ3v) is 2.97. The highest BCUT2D eigenvalue weighted by Gasteiger charge is 2.09. The maximum Gasteiger partial charge on any atom is 0.387 e. The van der Waals surface area contributed by atoms with Gasteiger partial charge in [0.15, 0.2) is 0 Å². The van der Waals surface area contributed by atoms with Crippen molar-refractivity contribution >= 4 is 28.9 Å². The van der Waals surface area contributed by atoms with Crippen LogP contribution in [0.4, 0.5) is 14.5 Å². The summed E-state index contributed by atoms with van der Waals surface area (Å²) in [5.74, 6) is 0.142. The Labute approximate surface area is 125 Å². The molecule has 0 aliphatic rings. The minimum atomic E-state index is -2.85. The number of hydrogen-bond acceptors (Lipinski definition) is 2. The lowest BCUT2D eigenvalue weighted by Crippen LogP contribution is -2.07. The molecule has 0 fully saturated rings. The largest absolute Gasteiger partial charge is 0.434 e. The number of halogens is 4. The van der Waals surface area contributed by atoms with Gasteiger partial charge in [-0.05, 0) is 24.3 Å².